The second-order valence-electron chi connectivity index (χ2n) is 7.41. The maximum Gasteiger partial charge on any atom is 0.330 e. The van der Waals surface area contributed by atoms with Gasteiger partial charge in [-0.15, -0.1) is 0 Å². The number of benzene rings is 1. The second kappa shape index (κ2) is 10.5. The van der Waals surface area contributed by atoms with Crippen molar-refractivity contribution in [3.8, 4) is 5.75 Å². The SMILES string of the molecule is CCCCn1c(N)c(N(Cc2ccco2)C(=O)CCc2ccc(OC)cc2)c(=O)[nH]c1=O. The molecular weight excluding hydrogens is 412 g/mol. The van der Waals surface area contributed by atoms with Crippen molar-refractivity contribution in [3.05, 3.63) is 74.8 Å². The van der Waals surface area contributed by atoms with E-state index in [0.717, 1.165) is 17.7 Å². The molecule has 0 bridgehead atoms. The van der Waals surface area contributed by atoms with E-state index in [4.69, 9.17) is 14.9 Å². The van der Waals surface area contributed by atoms with Crippen LogP contribution in [-0.2, 0) is 24.3 Å². The molecule has 0 aliphatic carbocycles. The topological polar surface area (TPSA) is 124 Å². The Morgan fingerprint density at radius 1 is 1.22 bits per heavy atom. The number of H-pyrrole nitrogens is 1. The number of aromatic amines is 1. The van der Waals surface area contributed by atoms with Gasteiger partial charge in [0.2, 0.25) is 5.91 Å². The van der Waals surface area contributed by atoms with Gasteiger partial charge in [0.25, 0.3) is 5.56 Å². The number of nitrogens with one attached hydrogen (secondary N) is 1. The standard InChI is InChI=1S/C23H28N4O5/c1-3-4-13-26-21(24)20(22(29)25-23(26)30)27(15-18-6-5-14-32-18)19(28)12-9-16-7-10-17(31-2)11-8-16/h5-8,10-11,14H,3-4,9,12-13,15,24H2,1-2H3,(H,25,29,30). The quantitative estimate of drug-likeness (QED) is 0.500. The fraction of sp³-hybridized carbons (Fsp3) is 0.348. The third-order valence-electron chi connectivity index (χ3n) is 5.20. The van der Waals surface area contributed by atoms with Crippen LogP contribution in [0.4, 0.5) is 11.5 Å². The molecule has 0 saturated carbocycles. The van der Waals surface area contributed by atoms with Crippen LogP contribution in [0.5, 0.6) is 5.75 Å². The number of hydrogen-bond donors (Lipinski definition) is 2. The number of nitrogens with zero attached hydrogens (tertiary/aromatic N) is 2. The molecule has 3 rings (SSSR count). The van der Waals surface area contributed by atoms with Crippen LogP contribution in [0.15, 0.2) is 56.7 Å². The molecule has 0 unspecified atom stereocenters. The summed E-state index contributed by atoms with van der Waals surface area (Å²) in [4.78, 5) is 41.8. The average Bonchev–Trinajstić information content (AvgIpc) is 3.30. The van der Waals surface area contributed by atoms with Crippen molar-refractivity contribution in [1.29, 1.82) is 0 Å². The van der Waals surface area contributed by atoms with Crippen LogP contribution >= 0.6 is 0 Å². The second-order valence-corrected chi connectivity index (χ2v) is 7.41. The highest BCUT2D eigenvalue weighted by atomic mass is 16.5. The zero-order chi connectivity index (χ0) is 23.1. The zero-order valence-corrected chi connectivity index (χ0v) is 18.3. The van der Waals surface area contributed by atoms with Crippen molar-refractivity contribution in [1.82, 2.24) is 9.55 Å². The van der Waals surface area contributed by atoms with Crippen LogP contribution in [0.25, 0.3) is 0 Å². The van der Waals surface area contributed by atoms with Gasteiger partial charge in [-0.25, -0.2) is 4.79 Å². The summed E-state index contributed by atoms with van der Waals surface area (Å²) in [5.74, 6) is 0.882. The van der Waals surface area contributed by atoms with Crippen molar-refractivity contribution < 1.29 is 13.9 Å². The summed E-state index contributed by atoms with van der Waals surface area (Å²) in [6, 6.07) is 10.8. The van der Waals surface area contributed by atoms with Gasteiger partial charge in [0.1, 0.15) is 17.3 Å². The maximum atomic E-state index is 13.2. The average molecular weight is 441 g/mol. The van der Waals surface area contributed by atoms with Crippen molar-refractivity contribution in [2.45, 2.75) is 45.7 Å². The van der Waals surface area contributed by atoms with Crippen LogP contribution < -0.4 is 26.6 Å². The minimum absolute atomic E-state index is 0.0215. The van der Waals surface area contributed by atoms with E-state index in [0.29, 0.717) is 25.1 Å². The number of unbranched alkanes of at least 4 members (excludes halogenated alkanes) is 1. The molecule has 0 fully saturated rings. The molecule has 32 heavy (non-hydrogen) atoms. The molecule has 170 valence electrons. The van der Waals surface area contributed by atoms with Gasteiger partial charge in [-0.3, -0.25) is 24.0 Å². The van der Waals surface area contributed by atoms with Crippen molar-refractivity contribution in [2.24, 2.45) is 0 Å². The summed E-state index contributed by atoms with van der Waals surface area (Å²) in [6.07, 6.45) is 3.65. The molecular formula is C23H28N4O5. The monoisotopic (exact) mass is 440 g/mol. The summed E-state index contributed by atoms with van der Waals surface area (Å²) < 4.78 is 11.9. The Balaban J connectivity index is 1.92. The highest BCUT2D eigenvalue weighted by molar-refractivity contribution is 5.95. The van der Waals surface area contributed by atoms with Gasteiger partial charge in [0.15, 0.2) is 5.69 Å². The number of aromatic nitrogens is 2. The molecule has 0 radical (unpaired) electrons. The molecule has 1 aromatic carbocycles. The maximum absolute atomic E-state index is 13.2. The number of methoxy groups -OCH3 is 1. The van der Waals surface area contributed by atoms with E-state index in [9.17, 15) is 14.4 Å². The smallest absolute Gasteiger partial charge is 0.330 e. The van der Waals surface area contributed by atoms with Gasteiger partial charge in [0, 0.05) is 13.0 Å². The molecule has 2 aromatic heterocycles. The van der Waals surface area contributed by atoms with E-state index in [-0.39, 0.29) is 30.4 Å². The minimum atomic E-state index is -0.704. The molecule has 2 heterocycles. The Morgan fingerprint density at radius 3 is 2.59 bits per heavy atom. The van der Waals surface area contributed by atoms with Crippen molar-refractivity contribution >= 4 is 17.4 Å². The number of amides is 1. The number of rotatable bonds is 10. The zero-order valence-electron chi connectivity index (χ0n) is 18.3. The van der Waals surface area contributed by atoms with E-state index >= 15 is 0 Å². The Kier molecular flexibility index (Phi) is 7.54. The molecule has 0 atom stereocenters. The third kappa shape index (κ3) is 5.29. The Hall–Kier alpha value is -3.75. The fourth-order valence-electron chi connectivity index (χ4n) is 3.41. The van der Waals surface area contributed by atoms with Crippen molar-refractivity contribution in [2.75, 3.05) is 17.7 Å². The van der Waals surface area contributed by atoms with E-state index in [1.54, 1.807) is 19.2 Å². The van der Waals surface area contributed by atoms with Crippen LogP contribution in [0, 0.1) is 0 Å². The van der Waals surface area contributed by atoms with E-state index in [2.05, 4.69) is 4.98 Å². The number of ether oxygens (including phenoxy) is 1. The van der Waals surface area contributed by atoms with Crippen LogP contribution in [-0.4, -0.2) is 22.6 Å². The lowest BCUT2D eigenvalue weighted by molar-refractivity contribution is -0.118. The number of nitrogens with two attached hydrogens (primary N) is 1. The number of hydrogen-bond acceptors (Lipinski definition) is 6. The highest BCUT2D eigenvalue weighted by Gasteiger charge is 2.25. The lowest BCUT2D eigenvalue weighted by Gasteiger charge is -2.24. The lowest BCUT2D eigenvalue weighted by Crippen LogP contribution is -2.41. The van der Waals surface area contributed by atoms with Gasteiger partial charge in [-0.1, -0.05) is 25.5 Å². The first-order valence-electron chi connectivity index (χ1n) is 10.5. The number of aryl methyl sites for hydroxylation is 1. The van der Waals surface area contributed by atoms with Crippen LogP contribution in [0.3, 0.4) is 0 Å². The fourth-order valence-corrected chi connectivity index (χ4v) is 3.41. The number of carbonyl (C=O) groups is 1. The molecule has 3 aromatic rings. The molecule has 0 saturated heterocycles. The van der Waals surface area contributed by atoms with Gasteiger partial charge in [-0.2, -0.15) is 0 Å². The first-order chi connectivity index (χ1) is 15.4. The number of carbonyl (C=O) groups excluding carboxylic acids is 1. The van der Waals surface area contributed by atoms with Gasteiger partial charge in [0.05, 0.1) is 19.9 Å². The Labute approximate surface area is 185 Å². The Morgan fingerprint density at radius 2 is 1.97 bits per heavy atom. The predicted molar refractivity (Wildman–Crippen MR) is 122 cm³/mol. The molecule has 9 heteroatoms. The molecule has 0 aliphatic heterocycles. The highest BCUT2D eigenvalue weighted by Crippen LogP contribution is 2.22. The van der Waals surface area contributed by atoms with Gasteiger partial charge in [-0.05, 0) is 42.7 Å². The first-order valence-corrected chi connectivity index (χ1v) is 10.5. The molecule has 1 amide bonds. The van der Waals surface area contributed by atoms with Crippen LogP contribution in [0.1, 0.15) is 37.5 Å². The number of nitrogen functional groups attached to an aromatic ring is 1. The summed E-state index contributed by atoms with van der Waals surface area (Å²) in [5.41, 5.74) is 5.85. The summed E-state index contributed by atoms with van der Waals surface area (Å²) >= 11 is 0. The lowest BCUT2D eigenvalue weighted by atomic mass is 10.1. The van der Waals surface area contributed by atoms with Crippen molar-refractivity contribution in [3.63, 3.8) is 0 Å². The third-order valence-corrected chi connectivity index (χ3v) is 5.20. The largest absolute Gasteiger partial charge is 0.497 e. The minimum Gasteiger partial charge on any atom is -0.497 e. The van der Waals surface area contributed by atoms with E-state index < -0.39 is 11.2 Å². The van der Waals surface area contributed by atoms with Gasteiger partial charge < -0.3 is 14.9 Å². The summed E-state index contributed by atoms with van der Waals surface area (Å²) in [6.45, 7) is 2.35. The normalized spacial score (nSPS) is 10.8. The molecule has 9 nitrogen and oxygen atoms in total. The molecule has 3 N–H and O–H groups in total. The summed E-state index contributed by atoms with van der Waals surface area (Å²) in [7, 11) is 1.59. The van der Waals surface area contributed by atoms with Crippen LogP contribution in [0.2, 0.25) is 0 Å². The first kappa shape index (κ1) is 22.9. The van der Waals surface area contributed by atoms with E-state index in [1.165, 1.54) is 15.7 Å². The van der Waals surface area contributed by atoms with Gasteiger partial charge >= 0.3 is 5.69 Å². The molecule has 0 aliphatic rings. The predicted octanol–water partition coefficient (Wildman–Crippen LogP) is 2.69. The number of anilines is 2. The summed E-state index contributed by atoms with van der Waals surface area (Å²) in [5, 5.41) is 0. The van der Waals surface area contributed by atoms with E-state index in [1.807, 2.05) is 31.2 Å². The number of furan rings is 1. The molecule has 0 spiro atoms. The Bertz CT molecular complexity index is 1150.